The Labute approximate surface area is 171 Å². The Kier molecular flexibility index (Phi) is 5.22. The zero-order chi connectivity index (χ0) is 20.4. The van der Waals surface area contributed by atoms with Crippen LogP contribution < -0.4 is 21.2 Å². The summed E-state index contributed by atoms with van der Waals surface area (Å²) in [6, 6.07) is 13.6. The number of halogens is 1. The third-order valence-electron chi connectivity index (χ3n) is 4.77. The second-order valence-electron chi connectivity index (χ2n) is 6.77. The van der Waals surface area contributed by atoms with Crippen LogP contribution in [-0.2, 0) is 11.2 Å². The minimum atomic E-state index is -0.716. The van der Waals surface area contributed by atoms with Gasteiger partial charge < -0.3 is 9.32 Å². The molecular weight excluding hydrogens is 394 g/mol. The number of amides is 2. The first kappa shape index (κ1) is 19.0. The molecule has 1 aliphatic heterocycles. The molecule has 0 radical (unpaired) electrons. The SMILES string of the molecule is O=C(CN1CCCc2ccccc21)NNC(=O)c1cc(=O)c2cc(Cl)ccc2o1. The largest absolute Gasteiger partial charge is 0.451 e. The zero-order valence-electron chi connectivity index (χ0n) is 15.4. The monoisotopic (exact) mass is 411 g/mol. The number of fused-ring (bicyclic) bond motifs is 2. The van der Waals surface area contributed by atoms with Crippen LogP contribution in [0.1, 0.15) is 22.5 Å². The fraction of sp³-hybridized carbons (Fsp3) is 0.190. The van der Waals surface area contributed by atoms with Crippen LogP contribution in [0.25, 0.3) is 11.0 Å². The number of carbonyl (C=O) groups excluding carboxylic acids is 2. The van der Waals surface area contributed by atoms with Gasteiger partial charge in [0.1, 0.15) is 5.58 Å². The van der Waals surface area contributed by atoms with E-state index in [1.54, 1.807) is 6.07 Å². The van der Waals surface area contributed by atoms with Crippen LogP contribution >= 0.6 is 11.6 Å². The highest BCUT2D eigenvalue weighted by Crippen LogP contribution is 2.26. The van der Waals surface area contributed by atoms with Crippen LogP contribution in [0, 0.1) is 0 Å². The van der Waals surface area contributed by atoms with Gasteiger partial charge in [-0.25, -0.2) is 0 Å². The summed E-state index contributed by atoms with van der Waals surface area (Å²) in [5.74, 6) is -1.29. The summed E-state index contributed by atoms with van der Waals surface area (Å²) in [7, 11) is 0. The van der Waals surface area contributed by atoms with Crippen molar-refractivity contribution in [2.75, 3.05) is 18.0 Å². The molecule has 29 heavy (non-hydrogen) atoms. The number of aryl methyl sites for hydroxylation is 1. The Balaban J connectivity index is 1.41. The highest BCUT2D eigenvalue weighted by molar-refractivity contribution is 6.31. The first-order chi connectivity index (χ1) is 14.0. The van der Waals surface area contributed by atoms with Crippen molar-refractivity contribution < 1.29 is 14.0 Å². The molecule has 3 aromatic rings. The molecular formula is C21H18ClN3O4. The van der Waals surface area contributed by atoms with E-state index in [1.165, 1.54) is 17.7 Å². The van der Waals surface area contributed by atoms with Gasteiger partial charge in [-0.05, 0) is 42.7 Å². The molecule has 0 saturated heterocycles. The van der Waals surface area contributed by atoms with Crippen LogP contribution in [0.3, 0.4) is 0 Å². The lowest BCUT2D eigenvalue weighted by Crippen LogP contribution is -2.47. The summed E-state index contributed by atoms with van der Waals surface area (Å²) < 4.78 is 5.46. The molecule has 7 nitrogen and oxygen atoms in total. The van der Waals surface area contributed by atoms with Crippen molar-refractivity contribution in [3.63, 3.8) is 0 Å². The maximum Gasteiger partial charge on any atom is 0.305 e. The Bertz CT molecular complexity index is 1160. The molecule has 0 bridgehead atoms. The van der Waals surface area contributed by atoms with Crippen molar-refractivity contribution in [1.29, 1.82) is 0 Å². The summed E-state index contributed by atoms with van der Waals surface area (Å²) in [5.41, 5.74) is 6.74. The number of carbonyl (C=O) groups is 2. The minimum Gasteiger partial charge on any atom is -0.451 e. The van der Waals surface area contributed by atoms with Gasteiger partial charge in [-0.3, -0.25) is 25.2 Å². The van der Waals surface area contributed by atoms with Crippen molar-refractivity contribution in [1.82, 2.24) is 10.9 Å². The van der Waals surface area contributed by atoms with Crippen LogP contribution in [-0.4, -0.2) is 24.9 Å². The van der Waals surface area contributed by atoms with Gasteiger partial charge in [-0.1, -0.05) is 29.8 Å². The third-order valence-corrected chi connectivity index (χ3v) is 5.00. The molecule has 4 rings (SSSR count). The van der Waals surface area contributed by atoms with Gasteiger partial charge in [-0.15, -0.1) is 0 Å². The lowest BCUT2D eigenvalue weighted by molar-refractivity contribution is -0.120. The molecule has 0 saturated carbocycles. The highest BCUT2D eigenvalue weighted by atomic mass is 35.5. The minimum absolute atomic E-state index is 0.109. The molecule has 2 amide bonds. The van der Waals surface area contributed by atoms with Gasteiger partial charge in [0.15, 0.2) is 11.2 Å². The molecule has 2 heterocycles. The predicted molar refractivity (Wildman–Crippen MR) is 110 cm³/mol. The van der Waals surface area contributed by atoms with Crippen LogP contribution in [0.5, 0.6) is 0 Å². The van der Waals surface area contributed by atoms with E-state index >= 15 is 0 Å². The van der Waals surface area contributed by atoms with Crippen molar-refractivity contribution in [3.05, 3.63) is 75.1 Å². The Morgan fingerprint density at radius 1 is 1.10 bits per heavy atom. The normalized spacial score (nSPS) is 13.1. The Morgan fingerprint density at radius 2 is 1.93 bits per heavy atom. The lowest BCUT2D eigenvalue weighted by atomic mass is 10.0. The highest BCUT2D eigenvalue weighted by Gasteiger charge is 2.19. The fourth-order valence-electron chi connectivity index (χ4n) is 3.42. The number of hydrogen-bond donors (Lipinski definition) is 2. The van der Waals surface area contributed by atoms with E-state index in [0.29, 0.717) is 5.02 Å². The third kappa shape index (κ3) is 4.09. The number of hydrazine groups is 1. The maximum atomic E-state index is 12.3. The summed E-state index contributed by atoms with van der Waals surface area (Å²) in [6.07, 6.45) is 1.94. The number of rotatable bonds is 3. The maximum absolute atomic E-state index is 12.3. The number of benzene rings is 2. The van der Waals surface area contributed by atoms with E-state index in [1.807, 2.05) is 23.1 Å². The van der Waals surface area contributed by atoms with E-state index in [9.17, 15) is 14.4 Å². The fourth-order valence-corrected chi connectivity index (χ4v) is 3.59. The number of hydrogen-bond acceptors (Lipinski definition) is 5. The quantitative estimate of drug-likeness (QED) is 0.646. The summed E-state index contributed by atoms with van der Waals surface area (Å²) in [5, 5.41) is 0.676. The smallest absolute Gasteiger partial charge is 0.305 e. The molecule has 8 heteroatoms. The molecule has 2 aromatic carbocycles. The number of nitrogens with one attached hydrogen (secondary N) is 2. The first-order valence-corrected chi connectivity index (χ1v) is 9.54. The zero-order valence-corrected chi connectivity index (χ0v) is 16.2. The molecule has 0 unspecified atom stereocenters. The van der Waals surface area contributed by atoms with E-state index in [-0.39, 0.29) is 29.2 Å². The lowest BCUT2D eigenvalue weighted by Gasteiger charge is -2.30. The van der Waals surface area contributed by atoms with Gasteiger partial charge >= 0.3 is 5.91 Å². The van der Waals surface area contributed by atoms with Crippen LogP contribution in [0.15, 0.2) is 57.7 Å². The first-order valence-electron chi connectivity index (χ1n) is 9.17. The number of anilines is 1. The Morgan fingerprint density at radius 3 is 2.79 bits per heavy atom. The predicted octanol–water partition coefficient (Wildman–Crippen LogP) is 2.66. The molecule has 2 N–H and O–H groups in total. The molecule has 148 valence electrons. The van der Waals surface area contributed by atoms with E-state index < -0.39 is 11.3 Å². The summed E-state index contributed by atoms with van der Waals surface area (Å²) in [4.78, 5) is 38.8. The molecule has 0 aliphatic carbocycles. The number of nitrogens with zero attached hydrogens (tertiary/aromatic N) is 1. The second-order valence-corrected chi connectivity index (χ2v) is 7.21. The molecule has 1 aliphatic rings. The molecule has 0 spiro atoms. The molecule has 0 atom stereocenters. The van der Waals surface area contributed by atoms with Crippen molar-refractivity contribution in [2.24, 2.45) is 0 Å². The summed E-state index contributed by atoms with van der Waals surface area (Å²) >= 11 is 5.88. The Hall–Kier alpha value is -3.32. The van der Waals surface area contributed by atoms with Gasteiger partial charge in [-0.2, -0.15) is 0 Å². The van der Waals surface area contributed by atoms with Crippen molar-refractivity contribution in [2.45, 2.75) is 12.8 Å². The average molecular weight is 412 g/mol. The summed E-state index contributed by atoms with van der Waals surface area (Å²) in [6.45, 7) is 0.873. The van der Waals surface area contributed by atoms with Crippen molar-refractivity contribution in [3.8, 4) is 0 Å². The van der Waals surface area contributed by atoms with Gasteiger partial charge in [0, 0.05) is 23.3 Å². The van der Waals surface area contributed by atoms with Crippen LogP contribution in [0.2, 0.25) is 5.02 Å². The van der Waals surface area contributed by atoms with Gasteiger partial charge in [0.2, 0.25) is 0 Å². The number of para-hydroxylation sites is 1. The van der Waals surface area contributed by atoms with E-state index in [2.05, 4.69) is 16.9 Å². The van der Waals surface area contributed by atoms with Crippen molar-refractivity contribution >= 4 is 40.1 Å². The second kappa shape index (κ2) is 7.97. The van der Waals surface area contributed by atoms with Gasteiger partial charge in [0.05, 0.1) is 11.9 Å². The topological polar surface area (TPSA) is 91.7 Å². The molecule has 0 fully saturated rings. The van der Waals surface area contributed by atoms with E-state index in [0.717, 1.165) is 31.1 Å². The standard InChI is InChI=1S/C21H18ClN3O4/c22-14-7-8-18-15(10-14)17(26)11-19(29-18)21(28)24-23-20(27)12-25-9-3-5-13-4-1-2-6-16(13)25/h1-2,4,6-8,10-11H,3,5,9,12H2,(H,23,27)(H,24,28). The molecule has 1 aromatic heterocycles. The van der Waals surface area contributed by atoms with Gasteiger partial charge in [0.25, 0.3) is 5.91 Å². The van der Waals surface area contributed by atoms with Crippen LogP contribution in [0.4, 0.5) is 5.69 Å². The van der Waals surface area contributed by atoms with E-state index in [4.69, 9.17) is 16.0 Å². The average Bonchev–Trinajstić information content (AvgIpc) is 2.72.